The molecule has 0 aromatic carbocycles. The smallest absolute Gasteiger partial charge is 0.393 e. The molecule has 1 amide bonds. The van der Waals surface area contributed by atoms with Gasteiger partial charge in [-0.2, -0.15) is 0 Å². The number of aliphatic hydroxyl groups is 7. The molecule has 0 heterocycles. The molecule has 1 saturated carbocycles. The fourth-order valence-corrected chi connectivity index (χ4v) is 9.79. The molecule has 1 rings (SSSR count). The fourth-order valence-electron chi connectivity index (χ4n) is 8.83. The number of allylic oxidation sites excluding steroid dienone is 7. The quantitative estimate of drug-likeness (QED) is 0.0158. The van der Waals surface area contributed by atoms with Crippen LogP contribution in [0.5, 0.6) is 0 Å². The third-order valence-corrected chi connectivity index (χ3v) is 14.4. The minimum Gasteiger partial charge on any atom is -0.393 e. The summed E-state index contributed by atoms with van der Waals surface area (Å²) in [5.41, 5.74) is 0. The van der Waals surface area contributed by atoms with E-state index in [1.807, 2.05) is 6.08 Å². The van der Waals surface area contributed by atoms with Crippen LogP contribution in [0, 0.1) is 0 Å². The van der Waals surface area contributed by atoms with Crippen LogP contribution in [0.3, 0.4) is 0 Å². The summed E-state index contributed by atoms with van der Waals surface area (Å²) in [6, 6.07) is -1.26. The zero-order valence-corrected chi connectivity index (χ0v) is 44.8. The van der Waals surface area contributed by atoms with E-state index in [0.717, 1.165) is 51.4 Å². The van der Waals surface area contributed by atoms with Crippen LogP contribution >= 0.6 is 7.82 Å². The molecule has 0 bridgehead atoms. The van der Waals surface area contributed by atoms with E-state index in [4.69, 9.17) is 9.05 Å². The molecule has 0 saturated heterocycles. The Bertz CT molecular complexity index is 1380. The molecular weight excluding hydrogens is 910 g/mol. The molecule has 70 heavy (non-hydrogen) atoms. The van der Waals surface area contributed by atoms with Gasteiger partial charge in [-0.15, -0.1) is 0 Å². The van der Waals surface area contributed by atoms with E-state index in [1.54, 1.807) is 6.08 Å². The highest BCUT2D eigenvalue weighted by Gasteiger charge is 2.51. The molecule has 1 aliphatic rings. The van der Waals surface area contributed by atoms with E-state index in [2.05, 4.69) is 49.5 Å². The maximum absolute atomic E-state index is 13.0. The van der Waals surface area contributed by atoms with Crippen molar-refractivity contribution >= 4 is 13.7 Å². The first-order chi connectivity index (χ1) is 33.8. The van der Waals surface area contributed by atoms with E-state index in [9.17, 15) is 50.0 Å². The highest BCUT2D eigenvalue weighted by Crippen LogP contribution is 2.47. The Balaban J connectivity index is 2.16. The lowest BCUT2D eigenvalue weighted by Crippen LogP contribution is -2.64. The zero-order valence-electron chi connectivity index (χ0n) is 43.9. The monoisotopic (exact) mass is 1010 g/mol. The predicted octanol–water partition coefficient (Wildman–Crippen LogP) is 11.4. The van der Waals surface area contributed by atoms with Gasteiger partial charge in [0, 0.05) is 0 Å². The standard InChI is InChI=1S/C56H104NO12P/c1-3-5-7-9-11-12-13-14-15-16-17-18-19-20-21-22-23-24-25-26-27-28-29-30-31-32-33-34-35-36-38-39-41-43-47(58)45-50(60)57-48(49(59)44-42-40-37-10-8-6-4-2)46-68-70(66,67)69-56-54(64)52(62)51(61)53(63)55(56)65/h8,10,19-20,22-23,42,44,47-49,51-56,58-59,61-65H,3-7,9,11-18,21,24-41,43,45-46H2,1-2H3,(H,57,60)(H,66,67)/b10-8+,20-19-,23-22-,44-42+. The summed E-state index contributed by atoms with van der Waals surface area (Å²) in [6.45, 7) is 3.61. The van der Waals surface area contributed by atoms with Crippen molar-refractivity contribution in [2.75, 3.05) is 6.61 Å². The summed E-state index contributed by atoms with van der Waals surface area (Å²) in [6.07, 6.45) is 42.9. The highest BCUT2D eigenvalue weighted by atomic mass is 31.2. The summed E-state index contributed by atoms with van der Waals surface area (Å²) in [5.74, 6) is -0.606. The highest BCUT2D eigenvalue weighted by molar-refractivity contribution is 7.47. The van der Waals surface area contributed by atoms with Crippen molar-refractivity contribution < 1.29 is 59.0 Å². The summed E-state index contributed by atoms with van der Waals surface area (Å²) in [7, 11) is -5.14. The van der Waals surface area contributed by atoms with Crippen LogP contribution in [0.1, 0.15) is 239 Å². The summed E-state index contributed by atoms with van der Waals surface area (Å²) < 4.78 is 22.8. The third-order valence-electron chi connectivity index (χ3n) is 13.4. The zero-order chi connectivity index (χ0) is 51.5. The molecular formula is C56H104NO12P. The van der Waals surface area contributed by atoms with Gasteiger partial charge in [0.2, 0.25) is 5.91 Å². The molecule has 14 heteroatoms. The Kier molecular flexibility index (Phi) is 42.3. The van der Waals surface area contributed by atoms with Crippen molar-refractivity contribution in [3.05, 3.63) is 48.6 Å². The van der Waals surface area contributed by atoms with Gasteiger partial charge in [0.1, 0.15) is 36.6 Å². The summed E-state index contributed by atoms with van der Waals surface area (Å²) >= 11 is 0. The number of amides is 1. The topological polar surface area (TPSA) is 226 Å². The summed E-state index contributed by atoms with van der Waals surface area (Å²) in [4.78, 5) is 23.4. The van der Waals surface area contributed by atoms with E-state index in [1.165, 1.54) is 160 Å². The Morgan fingerprint density at radius 3 is 1.39 bits per heavy atom. The van der Waals surface area contributed by atoms with Crippen molar-refractivity contribution in [1.29, 1.82) is 0 Å². The number of nitrogens with one attached hydrogen (secondary N) is 1. The number of hydrogen-bond acceptors (Lipinski definition) is 11. The van der Waals surface area contributed by atoms with Crippen LogP contribution in [0.2, 0.25) is 0 Å². The minimum atomic E-state index is -5.14. The first-order valence-electron chi connectivity index (χ1n) is 28.2. The van der Waals surface area contributed by atoms with Crippen molar-refractivity contribution in [2.45, 2.75) is 293 Å². The average molecular weight is 1010 g/mol. The first-order valence-corrected chi connectivity index (χ1v) is 29.7. The molecule has 410 valence electrons. The normalized spacial score (nSPS) is 22.1. The van der Waals surface area contributed by atoms with E-state index >= 15 is 0 Å². The van der Waals surface area contributed by atoms with Crippen molar-refractivity contribution in [2.24, 2.45) is 0 Å². The van der Waals surface area contributed by atoms with Crippen molar-refractivity contribution in [1.82, 2.24) is 5.32 Å². The number of phosphoric ester groups is 1. The predicted molar refractivity (Wildman–Crippen MR) is 284 cm³/mol. The second-order valence-corrected chi connectivity index (χ2v) is 21.4. The molecule has 13 nitrogen and oxygen atoms in total. The van der Waals surface area contributed by atoms with Gasteiger partial charge in [-0.1, -0.05) is 223 Å². The SMILES string of the molecule is CCC/C=C/CC/C=C/C(O)C(COP(=O)(O)OC1C(O)C(O)C(O)C(O)C1O)NC(=O)CC(O)CCCCCCCCCCCCCCCCC/C=C\C/C=C\CCCCCCCCCCCCC. The van der Waals surface area contributed by atoms with Gasteiger partial charge >= 0.3 is 7.82 Å². The molecule has 0 aromatic heterocycles. The van der Waals surface area contributed by atoms with Crippen LogP contribution in [0.4, 0.5) is 0 Å². The minimum absolute atomic E-state index is 0.254. The summed E-state index contributed by atoms with van der Waals surface area (Å²) in [5, 5.41) is 74.3. The number of carbonyl (C=O) groups is 1. The average Bonchev–Trinajstić information content (AvgIpc) is 3.34. The van der Waals surface area contributed by atoms with Crippen LogP contribution < -0.4 is 5.32 Å². The maximum atomic E-state index is 13.0. The molecule has 8 atom stereocenters. The molecule has 8 unspecified atom stereocenters. The van der Waals surface area contributed by atoms with Crippen LogP contribution in [0.25, 0.3) is 0 Å². The second-order valence-electron chi connectivity index (χ2n) is 20.0. The number of carbonyl (C=O) groups excluding carboxylic acids is 1. The third kappa shape index (κ3) is 35.4. The van der Waals surface area contributed by atoms with Crippen LogP contribution in [-0.2, 0) is 18.4 Å². The van der Waals surface area contributed by atoms with Crippen LogP contribution in [0.15, 0.2) is 48.6 Å². The second kappa shape index (κ2) is 44.7. The first kappa shape index (κ1) is 66.3. The molecule has 0 aromatic rings. The fraction of sp³-hybridized carbons (Fsp3) is 0.839. The van der Waals surface area contributed by atoms with Gasteiger partial charge < -0.3 is 46.0 Å². The van der Waals surface area contributed by atoms with Crippen molar-refractivity contribution in [3.8, 4) is 0 Å². The molecule has 9 N–H and O–H groups in total. The number of aliphatic hydroxyl groups excluding tert-OH is 7. The number of unbranched alkanes of at least 4 members (excludes halogenated alkanes) is 28. The molecule has 1 fully saturated rings. The van der Waals surface area contributed by atoms with E-state index < -0.39 is 75.2 Å². The van der Waals surface area contributed by atoms with Gasteiger partial charge in [0.15, 0.2) is 0 Å². The number of hydrogen-bond donors (Lipinski definition) is 9. The number of phosphoric acid groups is 1. The lowest BCUT2D eigenvalue weighted by molar-refractivity contribution is -0.220. The van der Waals surface area contributed by atoms with Gasteiger partial charge in [0.05, 0.1) is 31.3 Å². The Morgan fingerprint density at radius 2 is 0.914 bits per heavy atom. The van der Waals surface area contributed by atoms with Gasteiger partial charge in [0.25, 0.3) is 0 Å². The van der Waals surface area contributed by atoms with Gasteiger partial charge in [-0.3, -0.25) is 13.8 Å². The Morgan fingerprint density at radius 1 is 0.514 bits per heavy atom. The maximum Gasteiger partial charge on any atom is 0.472 e. The molecule has 0 spiro atoms. The Labute approximate surface area is 425 Å². The lowest BCUT2D eigenvalue weighted by atomic mass is 9.85. The van der Waals surface area contributed by atoms with E-state index in [0.29, 0.717) is 12.8 Å². The molecule has 0 radical (unpaired) electrons. The van der Waals surface area contributed by atoms with Gasteiger partial charge in [-0.05, 0) is 57.8 Å². The number of rotatable bonds is 47. The van der Waals surface area contributed by atoms with Crippen molar-refractivity contribution in [3.63, 3.8) is 0 Å². The van der Waals surface area contributed by atoms with Crippen LogP contribution in [-0.4, -0.2) is 108 Å². The Hall–Kier alpha value is -1.74. The van der Waals surface area contributed by atoms with E-state index in [-0.39, 0.29) is 6.42 Å². The molecule has 1 aliphatic carbocycles. The molecule has 0 aliphatic heterocycles. The lowest BCUT2D eigenvalue weighted by Gasteiger charge is -2.41. The largest absolute Gasteiger partial charge is 0.472 e. The van der Waals surface area contributed by atoms with Gasteiger partial charge in [-0.25, -0.2) is 4.57 Å².